The van der Waals surface area contributed by atoms with Gasteiger partial charge in [-0.05, 0) is 29.5 Å². The highest BCUT2D eigenvalue weighted by molar-refractivity contribution is 6.30. The Morgan fingerprint density at radius 1 is 1.04 bits per heavy atom. The summed E-state index contributed by atoms with van der Waals surface area (Å²) < 4.78 is 0. The van der Waals surface area contributed by atoms with Gasteiger partial charge in [0.15, 0.2) is 0 Å². The molecule has 2 amide bonds. The van der Waals surface area contributed by atoms with Gasteiger partial charge in [-0.1, -0.05) is 41.9 Å². The zero-order chi connectivity index (χ0) is 15.8. The molecule has 0 unspecified atom stereocenters. The third-order valence-corrected chi connectivity index (χ3v) is 3.96. The SMILES string of the molecule is O=C1Nn2nnc(-c3ccccc3)c2CN1c1ccc(Cl)cc1. The largest absolute Gasteiger partial charge is 0.342 e. The number of benzene rings is 2. The summed E-state index contributed by atoms with van der Waals surface area (Å²) in [5, 5.41) is 8.84. The second-order valence-corrected chi connectivity index (χ2v) is 5.58. The molecule has 4 rings (SSSR count). The fourth-order valence-electron chi connectivity index (χ4n) is 2.56. The van der Waals surface area contributed by atoms with E-state index in [1.807, 2.05) is 42.5 Å². The van der Waals surface area contributed by atoms with E-state index < -0.39 is 0 Å². The number of nitrogens with one attached hydrogen (secondary N) is 1. The molecule has 0 radical (unpaired) electrons. The molecule has 0 aliphatic carbocycles. The Kier molecular flexibility index (Phi) is 3.24. The molecular weight excluding hydrogens is 314 g/mol. The first kappa shape index (κ1) is 13.8. The highest BCUT2D eigenvalue weighted by atomic mass is 35.5. The number of hydrogen-bond acceptors (Lipinski definition) is 3. The maximum atomic E-state index is 12.3. The zero-order valence-corrected chi connectivity index (χ0v) is 12.7. The van der Waals surface area contributed by atoms with Crippen molar-refractivity contribution in [3.05, 3.63) is 65.3 Å². The third-order valence-electron chi connectivity index (χ3n) is 3.70. The van der Waals surface area contributed by atoms with Gasteiger partial charge in [-0.2, -0.15) is 4.79 Å². The number of aromatic nitrogens is 3. The van der Waals surface area contributed by atoms with Crippen molar-refractivity contribution in [3.63, 3.8) is 0 Å². The van der Waals surface area contributed by atoms with Crippen molar-refractivity contribution < 1.29 is 4.79 Å². The lowest BCUT2D eigenvalue weighted by molar-refractivity contribution is 0.251. The number of carbonyl (C=O) groups is 1. The van der Waals surface area contributed by atoms with E-state index in [1.165, 1.54) is 4.79 Å². The van der Waals surface area contributed by atoms with Crippen LogP contribution >= 0.6 is 11.6 Å². The van der Waals surface area contributed by atoms with Crippen molar-refractivity contribution >= 4 is 23.3 Å². The Hall–Kier alpha value is -2.86. The number of fused-ring (bicyclic) bond motifs is 1. The van der Waals surface area contributed by atoms with Gasteiger partial charge < -0.3 is 0 Å². The van der Waals surface area contributed by atoms with Crippen molar-refractivity contribution in [1.29, 1.82) is 0 Å². The smallest absolute Gasteiger partial charge is 0.287 e. The average Bonchev–Trinajstić information content (AvgIpc) is 2.98. The van der Waals surface area contributed by atoms with Crippen LogP contribution in [-0.2, 0) is 6.54 Å². The van der Waals surface area contributed by atoms with Gasteiger partial charge in [0.2, 0.25) is 0 Å². The Balaban J connectivity index is 1.73. The number of anilines is 1. The van der Waals surface area contributed by atoms with Gasteiger partial charge >= 0.3 is 6.03 Å². The minimum Gasteiger partial charge on any atom is -0.287 e. The molecule has 0 saturated carbocycles. The highest BCUT2D eigenvalue weighted by Gasteiger charge is 2.28. The summed E-state index contributed by atoms with van der Waals surface area (Å²) in [6.07, 6.45) is 0. The summed E-state index contributed by atoms with van der Waals surface area (Å²) in [7, 11) is 0. The number of halogens is 1. The number of nitrogens with zero attached hydrogens (tertiary/aromatic N) is 4. The molecule has 0 saturated heterocycles. The van der Waals surface area contributed by atoms with Crippen LogP contribution in [0.3, 0.4) is 0 Å². The van der Waals surface area contributed by atoms with Gasteiger partial charge in [0, 0.05) is 16.3 Å². The number of carbonyl (C=O) groups excluding carboxylic acids is 1. The first-order chi connectivity index (χ1) is 11.2. The van der Waals surface area contributed by atoms with E-state index in [-0.39, 0.29) is 6.03 Å². The van der Waals surface area contributed by atoms with Crippen LogP contribution in [-0.4, -0.2) is 21.1 Å². The maximum absolute atomic E-state index is 12.3. The molecule has 1 aromatic heterocycles. The van der Waals surface area contributed by atoms with Crippen LogP contribution in [0.2, 0.25) is 5.02 Å². The van der Waals surface area contributed by atoms with Crippen LogP contribution in [0.1, 0.15) is 5.69 Å². The van der Waals surface area contributed by atoms with E-state index in [0.29, 0.717) is 11.6 Å². The maximum Gasteiger partial charge on any atom is 0.342 e. The first-order valence-electron chi connectivity index (χ1n) is 7.06. The van der Waals surface area contributed by atoms with Crippen LogP contribution in [0.4, 0.5) is 10.5 Å². The van der Waals surface area contributed by atoms with Crippen molar-refractivity contribution in [2.45, 2.75) is 6.54 Å². The minimum absolute atomic E-state index is 0.260. The van der Waals surface area contributed by atoms with Crippen LogP contribution in [0.15, 0.2) is 54.6 Å². The molecule has 0 fully saturated rings. The molecule has 6 nitrogen and oxygen atoms in total. The monoisotopic (exact) mass is 325 g/mol. The predicted molar refractivity (Wildman–Crippen MR) is 87.8 cm³/mol. The Labute approximate surface area is 137 Å². The Bertz CT molecular complexity index is 860. The van der Waals surface area contributed by atoms with Crippen molar-refractivity contribution in [2.75, 3.05) is 10.3 Å². The standard InChI is InChI=1S/C16H12ClN5O/c17-12-6-8-13(9-7-12)21-10-14-15(11-4-2-1-3-5-11)18-20-22(14)19-16(21)23/h1-9H,10H2,(H,19,23). The molecule has 2 heterocycles. The van der Waals surface area contributed by atoms with Gasteiger partial charge in [0.05, 0.1) is 6.54 Å². The summed E-state index contributed by atoms with van der Waals surface area (Å²) in [4.78, 5) is 15.3. The van der Waals surface area contributed by atoms with Gasteiger partial charge in [-0.15, -0.1) is 5.10 Å². The third kappa shape index (κ3) is 2.43. The Morgan fingerprint density at radius 3 is 2.52 bits per heavy atom. The molecule has 3 aromatic rings. The Morgan fingerprint density at radius 2 is 1.78 bits per heavy atom. The van der Waals surface area contributed by atoms with E-state index in [1.54, 1.807) is 17.0 Å². The van der Waals surface area contributed by atoms with Gasteiger partial charge in [0.1, 0.15) is 11.4 Å². The second-order valence-electron chi connectivity index (χ2n) is 5.14. The minimum atomic E-state index is -0.260. The van der Waals surface area contributed by atoms with E-state index in [9.17, 15) is 4.79 Å². The van der Waals surface area contributed by atoms with Crippen LogP contribution in [0, 0.1) is 0 Å². The fourth-order valence-corrected chi connectivity index (χ4v) is 2.68. The zero-order valence-electron chi connectivity index (χ0n) is 12.0. The molecule has 0 atom stereocenters. The normalized spacial score (nSPS) is 13.6. The fraction of sp³-hybridized carbons (Fsp3) is 0.0625. The van der Waals surface area contributed by atoms with Crippen LogP contribution in [0.5, 0.6) is 0 Å². The van der Waals surface area contributed by atoms with Gasteiger partial charge in [0.25, 0.3) is 0 Å². The number of amides is 2. The second kappa shape index (κ2) is 5.40. The molecular formula is C16H12ClN5O. The summed E-state index contributed by atoms with van der Waals surface area (Å²) in [5.74, 6) is 0. The van der Waals surface area contributed by atoms with Crippen molar-refractivity contribution in [3.8, 4) is 11.3 Å². The molecule has 0 spiro atoms. The van der Waals surface area contributed by atoms with E-state index in [2.05, 4.69) is 15.7 Å². The van der Waals surface area contributed by atoms with E-state index >= 15 is 0 Å². The lowest BCUT2D eigenvalue weighted by Crippen LogP contribution is -2.44. The molecule has 1 aliphatic heterocycles. The molecule has 23 heavy (non-hydrogen) atoms. The summed E-state index contributed by atoms with van der Waals surface area (Å²) in [6, 6.07) is 16.6. The summed E-state index contributed by atoms with van der Waals surface area (Å²) in [6.45, 7) is 0.380. The first-order valence-corrected chi connectivity index (χ1v) is 7.44. The number of rotatable bonds is 2. The molecule has 0 bridgehead atoms. The highest BCUT2D eigenvalue weighted by Crippen LogP contribution is 2.27. The summed E-state index contributed by atoms with van der Waals surface area (Å²) in [5.41, 5.74) is 6.01. The lowest BCUT2D eigenvalue weighted by Gasteiger charge is -2.28. The molecule has 114 valence electrons. The topological polar surface area (TPSA) is 63.1 Å². The van der Waals surface area contributed by atoms with Crippen LogP contribution in [0.25, 0.3) is 11.3 Å². The quantitative estimate of drug-likeness (QED) is 0.786. The van der Waals surface area contributed by atoms with Gasteiger partial charge in [-0.25, -0.2) is 10.2 Å². The molecule has 2 aromatic carbocycles. The number of hydrogen-bond donors (Lipinski definition) is 1. The summed E-state index contributed by atoms with van der Waals surface area (Å²) >= 11 is 5.91. The number of urea groups is 1. The van der Waals surface area contributed by atoms with Crippen LogP contribution < -0.4 is 10.3 Å². The molecule has 1 N–H and O–H groups in total. The lowest BCUT2D eigenvalue weighted by atomic mass is 10.1. The van der Waals surface area contributed by atoms with Gasteiger partial charge in [-0.3, -0.25) is 4.90 Å². The van der Waals surface area contributed by atoms with Crippen molar-refractivity contribution in [1.82, 2.24) is 15.1 Å². The average molecular weight is 326 g/mol. The molecule has 7 heteroatoms. The van der Waals surface area contributed by atoms with E-state index in [0.717, 1.165) is 22.6 Å². The predicted octanol–water partition coefficient (Wildman–Crippen LogP) is 3.28. The van der Waals surface area contributed by atoms with E-state index in [4.69, 9.17) is 11.6 Å². The van der Waals surface area contributed by atoms with Crippen molar-refractivity contribution in [2.24, 2.45) is 0 Å². The molecule has 1 aliphatic rings.